The number of hydrogen-bond donors (Lipinski definition) is 2. The van der Waals surface area contributed by atoms with E-state index >= 15 is 0 Å². The zero-order valence-corrected chi connectivity index (χ0v) is 14.8. The molecular formula is C19H22N4O4. The number of carbonyl (C=O) groups is 2. The molecule has 1 unspecified atom stereocenters. The number of hydrazone groups is 1. The number of nitrogens with two attached hydrogens (primary N) is 1. The van der Waals surface area contributed by atoms with E-state index in [9.17, 15) is 9.59 Å². The number of nitrogens with zero attached hydrogens (tertiary/aromatic N) is 2. The van der Waals surface area contributed by atoms with Crippen molar-refractivity contribution in [2.24, 2.45) is 10.8 Å². The maximum atomic E-state index is 12.3. The summed E-state index contributed by atoms with van der Waals surface area (Å²) in [5.41, 5.74) is 6.48. The van der Waals surface area contributed by atoms with Crippen LogP contribution in [0.3, 0.4) is 0 Å². The molecule has 142 valence electrons. The van der Waals surface area contributed by atoms with Crippen LogP contribution in [0.15, 0.2) is 58.2 Å². The number of primary amides is 1. The van der Waals surface area contributed by atoms with Crippen molar-refractivity contribution in [3.63, 3.8) is 0 Å². The highest BCUT2D eigenvalue weighted by Gasteiger charge is 2.34. The van der Waals surface area contributed by atoms with Crippen molar-refractivity contribution >= 4 is 23.2 Å². The van der Waals surface area contributed by atoms with Crippen LogP contribution in [0.4, 0.5) is 5.69 Å². The van der Waals surface area contributed by atoms with Gasteiger partial charge in [0.2, 0.25) is 5.91 Å². The first-order chi connectivity index (χ1) is 13.1. The molecule has 0 saturated carbocycles. The van der Waals surface area contributed by atoms with Crippen LogP contribution in [0.1, 0.15) is 18.6 Å². The summed E-state index contributed by atoms with van der Waals surface area (Å²) in [5.74, 6) is -0.0553. The smallest absolute Gasteiger partial charge is 0.267 e. The lowest BCUT2D eigenvalue weighted by atomic mass is 10.1. The molecule has 2 aromatic rings. The monoisotopic (exact) mass is 370 g/mol. The summed E-state index contributed by atoms with van der Waals surface area (Å²) in [4.78, 5) is 24.1. The highest BCUT2D eigenvalue weighted by atomic mass is 16.5. The second kappa shape index (κ2) is 9.00. The molecule has 8 heteroatoms. The van der Waals surface area contributed by atoms with Crippen molar-refractivity contribution in [2.45, 2.75) is 25.5 Å². The summed E-state index contributed by atoms with van der Waals surface area (Å²) in [6, 6.07) is 12.2. The number of ether oxygens (including phenoxy) is 1. The van der Waals surface area contributed by atoms with Crippen LogP contribution in [0, 0.1) is 0 Å². The summed E-state index contributed by atoms with van der Waals surface area (Å²) in [5, 5.41) is 8.60. The van der Waals surface area contributed by atoms with Crippen LogP contribution in [0.2, 0.25) is 0 Å². The molecular weight excluding hydrogens is 348 g/mol. The summed E-state index contributed by atoms with van der Waals surface area (Å²) in [7, 11) is 0. The topological polar surface area (TPSA) is 110 Å². The van der Waals surface area contributed by atoms with Crippen molar-refractivity contribution in [1.29, 1.82) is 0 Å². The maximum Gasteiger partial charge on any atom is 0.267 e. The fraction of sp³-hybridized carbons (Fsp3) is 0.316. The van der Waals surface area contributed by atoms with Crippen LogP contribution in [-0.4, -0.2) is 36.7 Å². The molecule has 1 aromatic carbocycles. The molecule has 8 nitrogen and oxygen atoms in total. The lowest BCUT2D eigenvalue weighted by molar-refractivity contribution is -0.119. The minimum atomic E-state index is -0.662. The van der Waals surface area contributed by atoms with Gasteiger partial charge in [-0.3, -0.25) is 14.6 Å². The first-order valence-corrected chi connectivity index (χ1v) is 8.74. The summed E-state index contributed by atoms with van der Waals surface area (Å²) in [6.07, 6.45) is 2.44. The molecule has 27 heavy (non-hydrogen) atoms. The summed E-state index contributed by atoms with van der Waals surface area (Å²) >= 11 is 0. The van der Waals surface area contributed by atoms with E-state index in [1.54, 1.807) is 12.3 Å². The number of carbonyl (C=O) groups excluding carboxylic acids is 2. The van der Waals surface area contributed by atoms with Gasteiger partial charge in [0.25, 0.3) is 5.91 Å². The van der Waals surface area contributed by atoms with Gasteiger partial charge in [-0.2, -0.15) is 5.10 Å². The lowest BCUT2D eigenvalue weighted by Gasteiger charge is -2.20. The van der Waals surface area contributed by atoms with E-state index in [1.807, 2.05) is 36.4 Å². The average Bonchev–Trinajstić information content (AvgIpc) is 3.35. The predicted octanol–water partition coefficient (Wildman–Crippen LogP) is 1.42. The van der Waals surface area contributed by atoms with Crippen LogP contribution in [0.5, 0.6) is 0 Å². The molecule has 0 bridgehead atoms. The van der Waals surface area contributed by atoms with Crippen molar-refractivity contribution in [3.8, 4) is 0 Å². The second-order valence-electron chi connectivity index (χ2n) is 6.09. The molecule has 0 radical (unpaired) electrons. The molecule has 1 atom stereocenters. The minimum Gasteiger partial charge on any atom is -0.467 e. The van der Waals surface area contributed by atoms with Crippen molar-refractivity contribution in [1.82, 2.24) is 5.32 Å². The minimum absolute atomic E-state index is 0.186. The van der Waals surface area contributed by atoms with Gasteiger partial charge >= 0.3 is 0 Å². The van der Waals surface area contributed by atoms with Crippen LogP contribution in [0.25, 0.3) is 0 Å². The zero-order chi connectivity index (χ0) is 19.1. The van der Waals surface area contributed by atoms with Gasteiger partial charge in [-0.1, -0.05) is 18.2 Å². The lowest BCUT2D eigenvalue weighted by Crippen LogP contribution is -2.40. The Morgan fingerprint density at radius 3 is 2.78 bits per heavy atom. The SMILES string of the molecule is NC(=O)C1CC(C(=O)NCCCOCc2ccco2)=NN1c1ccccc1. The van der Waals surface area contributed by atoms with Gasteiger partial charge in [0, 0.05) is 19.6 Å². The van der Waals surface area contributed by atoms with Gasteiger partial charge in [0.15, 0.2) is 0 Å². The summed E-state index contributed by atoms with van der Waals surface area (Å²) < 4.78 is 10.6. The number of para-hydroxylation sites is 1. The number of benzene rings is 1. The van der Waals surface area contributed by atoms with E-state index < -0.39 is 11.9 Å². The molecule has 0 fully saturated rings. The Bertz CT molecular complexity index is 789. The van der Waals surface area contributed by atoms with E-state index in [2.05, 4.69) is 10.4 Å². The molecule has 2 heterocycles. The van der Waals surface area contributed by atoms with Gasteiger partial charge in [-0.25, -0.2) is 0 Å². The fourth-order valence-corrected chi connectivity index (χ4v) is 2.73. The molecule has 1 aliphatic heterocycles. The van der Waals surface area contributed by atoms with Gasteiger partial charge in [-0.05, 0) is 30.7 Å². The zero-order valence-electron chi connectivity index (χ0n) is 14.8. The first-order valence-electron chi connectivity index (χ1n) is 8.74. The van der Waals surface area contributed by atoms with Crippen molar-refractivity contribution in [2.75, 3.05) is 18.2 Å². The average molecular weight is 370 g/mol. The second-order valence-corrected chi connectivity index (χ2v) is 6.09. The quantitative estimate of drug-likeness (QED) is 0.649. The van der Waals surface area contributed by atoms with E-state index in [1.165, 1.54) is 5.01 Å². The Kier molecular flexibility index (Phi) is 6.22. The predicted molar refractivity (Wildman–Crippen MR) is 99.9 cm³/mol. The standard InChI is InChI=1S/C19H22N4O4/c20-18(24)17-12-16(22-23(17)14-6-2-1-3-7-14)19(25)21-9-5-10-26-13-15-8-4-11-27-15/h1-4,6-8,11,17H,5,9-10,12-13H2,(H2,20,24)(H,21,25). The first kappa shape index (κ1) is 18.7. The van der Waals surface area contributed by atoms with E-state index in [0.717, 1.165) is 11.4 Å². The normalized spacial score (nSPS) is 16.2. The van der Waals surface area contributed by atoms with Gasteiger partial charge in [0.1, 0.15) is 24.1 Å². The number of furan rings is 1. The Morgan fingerprint density at radius 1 is 1.26 bits per heavy atom. The van der Waals surface area contributed by atoms with Gasteiger partial charge in [0.05, 0.1) is 12.0 Å². The maximum absolute atomic E-state index is 12.3. The molecule has 1 aromatic heterocycles. The summed E-state index contributed by atoms with van der Waals surface area (Å²) in [6.45, 7) is 1.34. The Balaban J connectivity index is 1.46. The van der Waals surface area contributed by atoms with E-state index in [-0.39, 0.29) is 12.3 Å². The molecule has 0 spiro atoms. The van der Waals surface area contributed by atoms with Gasteiger partial charge < -0.3 is 20.2 Å². The molecule has 3 N–H and O–H groups in total. The number of nitrogens with one attached hydrogen (secondary N) is 1. The van der Waals surface area contributed by atoms with Crippen LogP contribution < -0.4 is 16.1 Å². The van der Waals surface area contributed by atoms with Gasteiger partial charge in [-0.15, -0.1) is 0 Å². The van der Waals surface area contributed by atoms with E-state index in [4.69, 9.17) is 14.9 Å². The third-order valence-electron chi connectivity index (χ3n) is 4.10. The highest BCUT2D eigenvalue weighted by Crippen LogP contribution is 2.24. The largest absolute Gasteiger partial charge is 0.467 e. The number of amides is 2. The molecule has 0 saturated heterocycles. The third-order valence-corrected chi connectivity index (χ3v) is 4.10. The Labute approximate surface area is 157 Å². The van der Waals surface area contributed by atoms with Crippen molar-refractivity contribution in [3.05, 3.63) is 54.5 Å². The number of anilines is 1. The molecule has 1 aliphatic rings. The molecule has 0 aliphatic carbocycles. The number of hydrogen-bond acceptors (Lipinski definition) is 6. The fourth-order valence-electron chi connectivity index (χ4n) is 2.73. The van der Waals surface area contributed by atoms with Crippen LogP contribution in [-0.2, 0) is 20.9 Å². The van der Waals surface area contributed by atoms with Crippen LogP contribution >= 0.6 is 0 Å². The van der Waals surface area contributed by atoms with Crippen molar-refractivity contribution < 1.29 is 18.7 Å². The molecule has 2 amide bonds. The Morgan fingerprint density at radius 2 is 2.07 bits per heavy atom. The Hall–Kier alpha value is -3.13. The molecule has 3 rings (SSSR count). The van der Waals surface area contributed by atoms with E-state index in [0.29, 0.717) is 31.9 Å². The number of rotatable bonds is 9. The highest BCUT2D eigenvalue weighted by molar-refractivity contribution is 6.40. The third kappa shape index (κ3) is 4.95.